The van der Waals surface area contributed by atoms with Crippen molar-refractivity contribution >= 4 is 7.82 Å². The summed E-state index contributed by atoms with van der Waals surface area (Å²) in [7, 11) is 12.4. The number of hydrogen-bond acceptors (Lipinski definition) is 10. The summed E-state index contributed by atoms with van der Waals surface area (Å²) in [5, 5.41) is 52.1. The fourth-order valence-electron chi connectivity index (χ4n) is 2.07. The molecule has 32 heavy (non-hydrogen) atoms. The van der Waals surface area contributed by atoms with Crippen LogP contribution in [0.5, 0.6) is 0 Å². The molecule has 0 fully saturated rings. The molecule has 0 saturated heterocycles. The molecule has 3 atom stereocenters. The van der Waals surface area contributed by atoms with E-state index >= 15 is 0 Å². The summed E-state index contributed by atoms with van der Waals surface area (Å²) in [6.45, 7) is 1.35. The van der Waals surface area contributed by atoms with E-state index in [9.17, 15) is 0 Å². The van der Waals surface area contributed by atoms with Gasteiger partial charge < -0.3 is 63.3 Å². The van der Waals surface area contributed by atoms with E-state index in [-0.39, 0.29) is 19.8 Å². The number of likely N-dealkylation sites (N-methyl/N-ethyl adjacent to an activating group) is 3. The average Bonchev–Trinajstić information content (AvgIpc) is 2.49. The summed E-state index contributed by atoms with van der Waals surface area (Å²) in [5.41, 5.74) is 0. The number of hydrogen-bond donors (Lipinski definition) is 6. The summed E-state index contributed by atoms with van der Waals surface area (Å²) in [5.74, 6) is 0. The van der Waals surface area contributed by atoms with Gasteiger partial charge in [0.05, 0.1) is 83.2 Å². The second kappa shape index (κ2) is 18.1. The lowest BCUT2D eigenvalue weighted by atomic mass is 10.3. The molecule has 0 aliphatic heterocycles. The van der Waals surface area contributed by atoms with Gasteiger partial charge in [-0.1, -0.05) is 0 Å². The van der Waals surface area contributed by atoms with E-state index < -0.39 is 26.1 Å². The molecule has 0 amide bonds. The van der Waals surface area contributed by atoms with E-state index in [4.69, 9.17) is 49.9 Å². The molecule has 14 heteroatoms. The van der Waals surface area contributed by atoms with Crippen molar-refractivity contribution in [3.05, 3.63) is 0 Å². The van der Waals surface area contributed by atoms with Crippen molar-refractivity contribution in [1.82, 2.24) is 0 Å². The molecule has 0 aliphatic rings. The van der Waals surface area contributed by atoms with Gasteiger partial charge in [0.25, 0.3) is 0 Å². The highest BCUT2D eigenvalue weighted by molar-refractivity contribution is 7.40. The number of rotatable bonds is 9. The van der Waals surface area contributed by atoms with Crippen LogP contribution in [0.2, 0.25) is 0 Å². The second-order valence-corrected chi connectivity index (χ2v) is 11.3. The molecule has 0 saturated carbocycles. The van der Waals surface area contributed by atoms with Crippen molar-refractivity contribution in [3.8, 4) is 0 Å². The Balaban J connectivity index is -0.000000167. The van der Waals surface area contributed by atoms with Crippen LogP contribution in [0, 0.1) is 0 Å². The van der Waals surface area contributed by atoms with Crippen LogP contribution in [0.1, 0.15) is 0 Å². The predicted molar refractivity (Wildman–Crippen MR) is 116 cm³/mol. The lowest BCUT2D eigenvalue weighted by Crippen LogP contribution is -2.42. The summed E-state index contributed by atoms with van der Waals surface area (Å²) in [6.07, 6.45) is -1.74. The standard InChI is InChI=1S/3C6H16NO2.H3O4P/c3*1-7(2,3)4-6(9)5-8;1-5(2,3)4/h3*6,8-9H,4-5H2,1-3H3;(H3,1,2,3,4)/q3*+1;/p-3. The lowest BCUT2D eigenvalue weighted by Gasteiger charge is -2.36. The lowest BCUT2D eigenvalue weighted by molar-refractivity contribution is -0.873. The first-order valence-electron chi connectivity index (χ1n) is 9.88. The third kappa shape index (κ3) is 57.1. The van der Waals surface area contributed by atoms with Crippen LogP contribution in [-0.2, 0) is 4.57 Å². The summed E-state index contributed by atoms with van der Waals surface area (Å²) >= 11 is 0. The predicted octanol–water partition coefficient (Wildman–Crippen LogP) is -5.69. The first-order chi connectivity index (χ1) is 13.9. The van der Waals surface area contributed by atoms with Gasteiger partial charge in [-0.25, -0.2) is 0 Å². The summed E-state index contributed by atoms with van der Waals surface area (Å²) < 4.78 is 10.6. The van der Waals surface area contributed by atoms with Crippen molar-refractivity contribution in [3.63, 3.8) is 0 Å². The molecule has 6 N–H and O–H groups in total. The van der Waals surface area contributed by atoms with Gasteiger partial charge in [0.1, 0.15) is 37.9 Å². The summed E-state index contributed by atoms with van der Waals surface area (Å²) in [6, 6.07) is 0. The molecule has 13 nitrogen and oxygen atoms in total. The van der Waals surface area contributed by atoms with Gasteiger partial charge in [-0.2, -0.15) is 7.82 Å². The molecule has 0 spiro atoms. The quantitative estimate of drug-likeness (QED) is 0.131. The average molecular weight is 498 g/mol. The molecular formula is C18H48N3O10P. The zero-order valence-electron chi connectivity index (χ0n) is 21.1. The van der Waals surface area contributed by atoms with E-state index in [0.29, 0.717) is 33.1 Å². The zero-order valence-corrected chi connectivity index (χ0v) is 22.0. The van der Waals surface area contributed by atoms with Crippen molar-refractivity contribution in [2.24, 2.45) is 0 Å². The molecule has 200 valence electrons. The number of nitrogens with zero attached hydrogens (tertiary/aromatic N) is 3. The van der Waals surface area contributed by atoms with E-state index in [0.717, 1.165) is 0 Å². The van der Waals surface area contributed by atoms with Gasteiger partial charge >= 0.3 is 0 Å². The van der Waals surface area contributed by atoms with Crippen molar-refractivity contribution in [1.29, 1.82) is 0 Å². The Labute approximate surface area is 193 Å². The minimum Gasteiger partial charge on any atom is -0.822 e. The van der Waals surface area contributed by atoms with Gasteiger partial charge in [-0.3, -0.25) is 0 Å². The van der Waals surface area contributed by atoms with Gasteiger partial charge in [-0.05, 0) is 0 Å². The number of aliphatic hydroxyl groups excluding tert-OH is 6. The van der Waals surface area contributed by atoms with E-state index in [1.807, 2.05) is 63.4 Å². The maximum atomic E-state index is 8.93. The van der Waals surface area contributed by atoms with Crippen LogP contribution < -0.4 is 14.7 Å². The van der Waals surface area contributed by atoms with Crippen LogP contribution in [-0.4, -0.2) is 165 Å². The topological polar surface area (TPSA) is 208 Å². The van der Waals surface area contributed by atoms with Crippen molar-refractivity contribution < 1.29 is 63.3 Å². The Morgan fingerprint density at radius 2 is 0.688 bits per heavy atom. The zero-order chi connectivity index (χ0) is 27.0. The molecular weight excluding hydrogens is 449 g/mol. The SMILES string of the molecule is C[N+](C)(C)CC(O)CO.C[N+](C)(C)CC(O)CO.C[N+](C)(C)CC(O)CO.O=P([O-])([O-])[O-]. The Morgan fingerprint density at radius 1 is 0.562 bits per heavy atom. The highest BCUT2D eigenvalue weighted by Gasteiger charge is 2.14. The minimum atomic E-state index is -5.39. The van der Waals surface area contributed by atoms with Crippen LogP contribution in [0.4, 0.5) is 0 Å². The van der Waals surface area contributed by atoms with Gasteiger partial charge in [0.15, 0.2) is 0 Å². The largest absolute Gasteiger partial charge is 0.822 e. The van der Waals surface area contributed by atoms with E-state index in [2.05, 4.69) is 0 Å². The molecule has 0 rings (SSSR count). The fourth-order valence-corrected chi connectivity index (χ4v) is 2.07. The maximum absolute atomic E-state index is 8.93. The maximum Gasteiger partial charge on any atom is 0.126 e. The first kappa shape index (κ1) is 39.0. The molecule has 3 unspecified atom stereocenters. The fraction of sp³-hybridized carbons (Fsp3) is 1.00. The van der Waals surface area contributed by atoms with Crippen LogP contribution in [0.15, 0.2) is 0 Å². The molecule has 0 aromatic heterocycles. The van der Waals surface area contributed by atoms with Gasteiger partial charge in [0, 0.05) is 0 Å². The minimum absolute atomic E-state index is 0.143. The third-order valence-electron chi connectivity index (χ3n) is 2.91. The Morgan fingerprint density at radius 3 is 0.719 bits per heavy atom. The highest BCUT2D eigenvalue weighted by Crippen LogP contribution is 2.03. The Hall–Kier alpha value is -0.250. The van der Waals surface area contributed by atoms with Crippen LogP contribution >= 0.6 is 7.82 Å². The number of aliphatic hydroxyl groups is 6. The highest BCUT2D eigenvalue weighted by atomic mass is 31.2. The molecule has 0 bridgehead atoms. The molecule has 0 aromatic carbocycles. The second-order valence-electron chi connectivity index (χ2n) is 10.4. The monoisotopic (exact) mass is 497 g/mol. The summed E-state index contributed by atoms with van der Waals surface area (Å²) in [4.78, 5) is 25.6. The first-order valence-corrected chi connectivity index (χ1v) is 11.3. The Kier molecular flexibility index (Phi) is 22.1. The van der Waals surface area contributed by atoms with Gasteiger partial charge in [0.2, 0.25) is 0 Å². The number of quaternary nitrogens is 3. The third-order valence-corrected chi connectivity index (χ3v) is 2.91. The van der Waals surface area contributed by atoms with E-state index in [1.54, 1.807) is 0 Å². The van der Waals surface area contributed by atoms with Crippen LogP contribution in [0.25, 0.3) is 0 Å². The van der Waals surface area contributed by atoms with Crippen molar-refractivity contribution in [2.75, 3.05) is 103 Å². The van der Waals surface area contributed by atoms with Crippen LogP contribution in [0.3, 0.4) is 0 Å². The molecule has 0 aliphatic carbocycles. The number of phosphoric acid groups is 1. The van der Waals surface area contributed by atoms with Gasteiger partial charge in [-0.15, -0.1) is 0 Å². The molecule has 0 heterocycles. The normalized spacial score (nSPS) is 15.1. The molecule has 0 radical (unpaired) electrons. The Bertz CT molecular complexity index is 413. The van der Waals surface area contributed by atoms with Crippen molar-refractivity contribution in [2.45, 2.75) is 18.3 Å². The molecule has 0 aromatic rings. The smallest absolute Gasteiger partial charge is 0.126 e. The van der Waals surface area contributed by atoms with E-state index in [1.165, 1.54) is 0 Å².